The maximum absolute atomic E-state index is 13.2. The van der Waals surface area contributed by atoms with Gasteiger partial charge in [-0.2, -0.15) is 5.26 Å². The zero-order valence-electron chi connectivity index (χ0n) is 22.0. The second-order valence-corrected chi connectivity index (χ2v) is 10.7. The molecule has 204 valence electrons. The van der Waals surface area contributed by atoms with Crippen molar-refractivity contribution >= 4 is 23.8 Å². The fourth-order valence-corrected chi connectivity index (χ4v) is 6.07. The SMILES string of the molecule is N#CC1(c2ccc(N3CCN([C@H]4CC[C@H](C(=O)O)CC4)C3=O)cc2)CCN(C(=O)OCc2ccccc2)CC1. The number of piperidine rings is 1. The minimum atomic E-state index is -0.744. The van der Waals surface area contributed by atoms with Crippen LogP contribution in [0.2, 0.25) is 0 Å². The predicted octanol–water partition coefficient (Wildman–Crippen LogP) is 4.77. The number of anilines is 1. The van der Waals surface area contributed by atoms with Crippen LogP contribution in [0.4, 0.5) is 15.3 Å². The smallest absolute Gasteiger partial charge is 0.410 e. The topological polar surface area (TPSA) is 114 Å². The van der Waals surface area contributed by atoms with Gasteiger partial charge in [0.1, 0.15) is 6.61 Å². The summed E-state index contributed by atoms with van der Waals surface area (Å²) < 4.78 is 5.46. The molecule has 3 fully saturated rings. The minimum Gasteiger partial charge on any atom is -0.481 e. The van der Waals surface area contributed by atoms with Crippen LogP contribution in [0.15, 0.2) is 54.6 Å². The number of likely N-dealkylation sites (tertiary alicyclic amines) is 1. The number of carboxylic acids is 1. The van der Waals surface area contributed by atoms with E-state index in [2.05, 4.69) is 6.07 Å². The Kier molecular flexibility index (Phi) is 7.73. The van der Waals surface area contributed by atoms with Crippen LogP contribution >= 0.6 is 0 Å². The van der Waals surface area contributed by atoms with Crippen molar-refractivity contribution in [3.05, 3.63) is 65.7 Å². The lowest BCUT2D eigenvalue weighted by Gasteiger charge is -2.37. The second kappa shape index (κ2) is 11.4. The van der Waals surface area contributed by atoms with Gasteiger partial charge in [-0.3, -0.25) is 9.69 Å². The molecule has 2 heterocycles. The van der Waals surface area contributed by atoms with Crippen molar-refractivity contribution in [1.29, 1.82) is 5.26 Å². The van der Waals surface area contributed by atoms with Crippen LogP contribution < -0.4 is 4.90 Å². The van der Waals surface area contributed by atoms with Crippen molar-refractivity contribution in [3.63, 3.8) is 0 Å². The number of urea groups is 1. The maximum Gasteiger partial charge on any atom is 0.410 e. The van der Waals surface area contributed by atoms with Crippen LogP contribution in [0.5, 0.6) is 0 Å². The normalized spacial score (nSPS) is 22.8. The first-order valence-corrected chi connectivity index (χ1v) is 13.7. The number of nitrogens with zero attached hydrogens (tertiary/aromatic N) is 4. The van der Waals surface area contributed by atoms with Crippen LogP contribution in [0.1, 0.15) is 49.7 Å². The number of ether oxygens (including phenoxy) is 1. The van der Waals surface area contributed by atoms with E-state index in [0.29, 0.717) is 51.9 Å². The maximum atomic E-state index is 13.2. The van der Waals surface area contributed by atoms with E-state index >= 15 is 0 Å². The van der Waals surface area contributed by atoms with Gasteiger partial charge in [0.05, 0.1) is 17.4 Å². The number of amides is 3. The molecule has 3 amide bonds. The van der Waals surface area contributed by atoms with Gasteiger partial charge >= 0.3 is 18.1 Å². The molecule has 0 bridgehead atoms. The molecule has 2 saturated heterocycles. The van der Waals surface area contributed by atoms with Gasteiger partial charge in [0.25, 0.3) is 0 Å². The van der Waals surface area contributed by atoms with Crippen molar-refractivity contribution in [2.45, 2.75) is 56.6 Å². The predicted molar refractivity (Wildman–Crippen MR) is 144 cm³/mol. The third-order valence-electron chi connectivity index (χ3n) is 8.55. The number of aliphatic carboxylic acids is 1. The number of benzene rings is 2. The van der Waals surface area contributed by atoms with E-state index in [0.717, 1.165) is 29.7 Å². The molecule has 3 aliphatic rings. The van der Waals surface area contributed by atoms with Gasteiger partial charge in [0.15, 0.2) is 0 Å². The Morgan fingerprint density at radius 3 is 2.23 bits per heavy atom. The van der Waals surface area contributed by atoms with Gasteiger partial charge in [-0.25, -0.2) is 9.59 Å². The molecule has 0 radical (unpaired) electrons. The first-order valence-electron chi connectivity index (χ1n) is 13.7. The Morgan fingerprint density at radius 2 is 1.62 bits per heavy atom. The lowest BCUT2D eigenvalue weighted by atomic mass is 9.74. The number of carbonyl (C=O) groups excluding carboxylic acids is 2. The summed E-state index contributed by atoms with van der Waals surface area (Å²) >= 11 is 0. The van der Waals surface area contributed by atoms with E-state index in [-0.39, 0.29) is 30.7 Å². The lowest BCUT2D eigenvalue weighted by Crippen LogP contribution is -2.44. The van der Waals surface area contributed by atoms with Crippen LogP contribution in [0, 0.1) is 17.2 Å². The zero-order chi connectivity index (χ0) is 27.4. The van der Waals surface area contributed by atoms with Gasteiger partial charge in [-0.15, -0.1) is 0 Å². The molecular formula is C30H34N4O5. The molecule has 9 heteroatoms. The third kappa shape index (κ3) is 5.56. The van der Waals surface area contributed by atoms with Crippen molar-refractivity contribution in [3.8, 4) is 6.07 Å². The van der Waals surface area contributed by atoms with Crippen LogP contribution in [0.25, 0.3) is 0 Å². The molecule has 1 saturated carbocycles. The fourth-order valence-electron chi connectivity index (χ4n) is 6.07. The highest BCUT2D eigenvalue weighted by Gasteiger charge is 2.40. The number of carboxylic acid groups (broad SMARTS) is 1. The molecule has 0 unspecified atom stereocenters. The summed E-state index contributed by atoms with van der Waals surface area (Å²) in [6.45, 7) is 2.30. The summed E-state index contributed by atoms with van der Waals surface area (Å²) in [7, 11) is 0. The van der Waals surface area contributed by atoms with Crippen LogP contribution in [-0.4, -0.2) is 65.2 Å². The molecule has 1 aliphatic carbocycles. The largest absolute Gasteiger partial charge is 0.481 e. The summed E-state index contributed by atoms with van der Waals surface area (Å²) in [6.07, 6.45) is 3.31. The summed E-state index contributed by atoms with van der Waals surface area (Å²) in [5, 5.41) is 19.4. The van der Waals surface area contributed by atoms with E-state index in [1.54, 1.807) is 9.80 Å². The first-order chi connectivity index (χ1) is 18.9. The van der Waals surface area contributed by atoms with E-state index in [1.807, 2.05) is 59.5 Å². The number of hydrogen-bond acceptors (Lipinski definition) is 5. The molecular weight excluding hydrogens is 496 g/mol. The standard InChI is InChI=1S/C30H34N4O5/c31-21-30(14-16-32(17-15-30)29(38)39-20-22-4-2-1-3-5-22)24-8-12-26(13-9-24)34-19-18-33(28(34)37)25-10-6-23(7-11-25)27(35)36/h1-5,8-9,12-13,23,25H,6-7,10-11,14-20H2,(H,35,36)/t23-,25-. The molecule has 9 nitrogen and oxygen atoms in total. The summed E-state index contributed by atoms with van der Waals surface area (Å²) in [4.78, 5) is 42.3. The highest BCUT2D eigenvalue weighted by Crippen LogP contribution is 2.37. The number of hydrogen-bond donors (Lipinski definition) is 1. The third-order valence-corrected chi connectivity index (χ3v) is 8.55. The van der Waals surface area contributed by atoms with Gasteiger partial charge < -0.3 is 19.6 Å². The molecule has 0 spiro atoms. The monoisotopic (exact) mass is 530 g/mol. The second-order valence-electron chi connectivity index (χ2n) is 10.7. The van der Waals surface area contributed by atoms with E-state index in [4.69, 9.17) is 4.74 Å². The van der Waals surface area contributed by atoms with E-state index in [9.17, 15) is 24.8 Å². The van der Waals surface area contributed by atoms with Crippen molar-refractivity contribution < 1.29 is 24.2 Å². The van der Waals surface area contributed by atoms with Crippen LogP contribution in [-0.2, 0) is 21.6 Å². The quantitative estimate of drug-likeness (QED) is 0.576. The molecule has 2 aliphatic heterocycles. The van der Waals surface area contributed by atoms with Gasteiger partial charge in [0, 0.05) is 37.9 Å². The average Bonchev–Trinajstić information content (AvgIpc) is 3.37. The number of carbonyl (C=O) groups is 3. The van der Waals surface area contributed by atoms with Crippen molar-refractivity contribution in [2.75, 3.05) is 31.1 Å². The summed E-state index contributed by atoms with van der Waals surface area (Å²) in [6, 6.07) is 19.7. The summed E-state index contributed by atoms with van der Waals surface area (Å²) in [5.41, 5.74) is 1.92. The fraction of sp³-hybridized carbons (Fsp3) is 0.467. The Bertz CT molecular complexity index is 1230. The molecule has 5 rings (SSSR count). The van der Waals surface area contributed by atoms with Crippen molar-refractivity contribution in [2.24, 2.45) is 5.92 Å². The van der Waals surface area contributed by atoms with E-state index < -0.39 is 11.4 Å². The zero-order valence-corrected chi connectivity index (χ0v) is 22.0. The van der Waals surface area contributed by atoms with Gasteiger partial charge in [0.2, 0.25) is 0 Å². The first kappa shape index (κ1) is 26.5. The molecule has 1 N–H and O–H groups in total. The molecule has 0 aromatic heterocycles. The molecule has 2 aromatic carbocycles. The Labute approximate surface area is 228 Å². The highest BCUT2D eigenvalue weighted by molar-refractivity contribution is 5.94. The minimum absolute atomic E-state index is 0.0427. The molecule has 0 atom stereocenters. The Hall–Kier alpha value is -4.06. The number of rotatable bonds is 6. The van der Waals surface area contributed by atoms with Gasteiger partial charge in [-0.1, -0.05) is 42.5 Å². The van der Waals surface area contributed by atoms with E-state index in [1.165, 1.54) is 0 Å². The van der Waals surface area contributed by atoms with Gasteiger partial charge in [-0.05, 0) is 61.8 Å². The highest BCUT2D eigenvalue weighted by atomic mass is 16.6. The van der Waals surface area contributed by atoms with Crippen LogP contribution in [0.3, 0.4) is 0 Å². The molecule has 2 aromatic rings. The Morgan fingerprint density at radius 1 is 0.949 bits per heavy atom. The Balaban J connectivity index is 1.17. The number of nitriles is 1. The average molecular weight is 531 g/mol. The lowest BCUT2D eigenvalue weighted by molar-refractivity contribution is -0.143. The van der Waals surface area contributed by atoms with Crippen molar-refractivity contribution in [1.82, 2.24) is 9.80 Å². The summed E-state index contributed by atoms with van der Waals surface area (Å²) in [5.74, 6) is -1.05. The molecule has 39 heavy (non-hydrogen) atoms.